The minimum Gasteiger partial charge on any atom is -0.333 e. The van der Waals surface area contributed by atoms with Crippen LogP contribution in [-0.2, 0) is 5.41 Å². The molecule has 0 saturated heterocycles. The Labute approximate surface area is 300 Å². The minimum atomic E-state index is -0.172. The quantitative estimate of drug-likeness (QED) is 0.188. The standard InChI is InChI=1S/C47H40N4/c1-51-45(35-13-5-2-6-14-35)49-44(50-46(51)36-15-7-3-8-16-36)34-24-22-33(23-25-34)37-17-11-18-38(30-37)39-19-12-20-41-43(39)40-26-21-32(31-48)29-42(40)47(41)27-9-4-10-28-47/h2-3,5-8,11,13-18,20-26,29-30,45H,4,9-10,12,19,27-28H2,1H3. The van der Waals surface area contributed by atoms with E-state index in [1.54, 1.807) is 0 Å². The van der Waals surface area contributed by atoms with Crippen LogP contribution in [0.25, 0.3) is 22.3 Å². The lowest BCUT2D eigenvalue weighted by Gasteiger charge is -2.37. The number of hydrogen-bond donors (Lipinski definition) is 0. The molecule has 1 saturated carbocycles. The highest BCUT2D eigenvalue weighted by Crippen LogP contribution is 2.60. The lowest BCUT2D eigenvalue weighted by Crippen LogP contribution is -2.35. The number of nitriles is 1. The van der Waals surface area contributed by atoms with E-state index in [0.717, 1.165) is 46.8 Å². The van der Waals surface area contributed by atoms with Gasteiger partial charge >= 0.3 is 0 Å². The average Bonchev–Trinajstić information content (AvgIpc) is 3.47. The molecule has 0 aromatic heterocycles. The summed E-state index contributed by atoms with van der Waals surface area (Å²) in [7, 11) is 2.07. The summed E-state index contributed by atoms with van der Waals surface area (Å²) in [5.41, 5.74) is 14.8. The van der Waals surface area contributed by atoms with Gasteiger partial charge in [-0.15, -0.1) is 0 Å². The number of rotatable bonds is 5. The van der Waals surface area contributed by atoms with Gasteiger partial charge in [0.1, 0.15) is 12.0 Å². The van der Waals surface area contributed by atoms with Crippen molar-refractivity contribution in [3.8, 4) is 17.2 Å². The second-order valence-corrected chi connectivity index (χ2v) is 14.3. The molecule has 0 N–H and O–H groups in total. The molecule has 5 aromatic carbocycles. The molecule has 5 aromatic rings. The summed E-state index contributed by atoms with van der Waals surface area (Å²) in [4.78, 5) is 12.5. The number of hydrogen-bond acceptors (Lipinski definition) is 4. The van der Waals surface area contributed by atoms with Gasteiger partial charge in [0.05, 0.1) is 11.6 Å². The summed E-state index contributed by atoms with van der Waals surface area (Å²) in [5, 5.41) is 9.81. The molecule has 1 spiro atoms. The molecule has 1 aliphatic heterocycles. The average molecular weight is 661 g/mol. The van der Waals surface area contributed by atoms with Crippen LogP contribution in [0.15, 0.2) is 149 Å². The van der Waals surface area contributed by atoms with E-state index in [0.29, 0.717) is 0 Å². The van der Waals surface area contributed by atoms with E-state index in [1.807, 2.05) is 18.2 Å². The smallest absolute Gasteiger partial charge is 0.159 e. The molecule has 248 valence electrons. The van der Waals surface area contributed by atoms with Crippen molar-refractivity contribution in [3.63, 3.8) is 0 Å². The predicted molar refractivity (Wildman–Crippen MR) is 208 cm³/mol. The monoisotopic (exact) mass is 660 g/mol. The molecule has 51 heavy (non-hydrogen) atoms. The van der Waals surface area contributed by atoms with Gasteiger partial charge in [0, 0.05) is 23.6 Å². The fourth-order valence-electron chi connectivity index (χ4n) is 8.99. The molecule has 0 radical (unpaired) electrons. The van der Waals surface area contributed by atoms with Crippen LogP contribution < -0.4 is 0 Å². The molecule has 4 nitrogen and oxygen atoms in total. The largest absolute Gasteiger partial charge is 0.333 e. The third-order valence-electron chi connectivity index (χ3n) is 11.4. The molecule has 4 aliphatic rings. The van der Waals surface area contributed by atoms with Crippen LogP contribution in [0.3, 0.4) is 0 Å². The Morgan fingerprint density at radius 3 is 2.18 bits per heavy atom. The van der Waals surface area contributed by atoms with Gasteiger partial charge < -0.3 is 4.90 Å². The van der Waals surface area contributed by atoms with Crippen molar-refractivity contribution in [3.05, 3.63) is 178 Å². The van der Waals surface area contributed by atoms with Crippen molar-refractivity contribution in [2.24, 2.45) is 9.98 Å². The molecule has 4 heteroatoms. The Balaban J connectivity index is 1.08. The topological polar surface area (TPSA) is 51.8 Å². The first-order valence-electron chi connectivity index (χ1n) is 18.3. The van der Waals surface area contributed by atoms with Crippen molar-refractivity contribution < 1.29 is 0 Å². The number of amidine groups is 2. The van der Waals surface area contributed by atoms with Crippen LogP contribution in [0.5, 0.6) is 0 Å². The highest BCUT2D eigenvalue weighted by molar-refractivity contribution is 6.13. The fourth-order valence-corrected chi connectivity index (χ4v) is 8.99. The van der Waals surface area contributed by atoms with E-state index in [2.05, 4.69) is 133 Å². The third-order valence-corrected chi connectivity index (χ3v) is 11.4. The fraction of sp³-hybridized carbons (Fsp3) is 0.213. The summed E-state index contributed by atoms with van der Waals surface area (Å²) in [5.74, 6) is 1.65. The SMILES string of the molecule is CN1C(c2ccccc2)=NC(c2ccc(-c3cccc(C4=C5C(=CCC4)C4(CCCCC4)c4cc(C#N)ccc45)c3)cc2)=NC1c1ccccc1. The number of benzene rings is 5. The summed E-state index contributed by atoms with van der Waals surface area (Å²) in [6.45, 7) is 0. The first kappa shape index (κ1) is 31.2. The number of fused-ring (bicyclic) bond motifs is 5. The van der Waals surface area contributed by atoms with E-state index < -0.39 is 0 Å². The van der Waals surface area contributed by atoms with Gasteiger partial charge in [-0.05, 0) is 94.0 Å². The predicted octanol–water partition coefficient (Wildman–Crippen LogP) is 10.9. The Bertz CT molecular complexity index is 2300. The lowest BCUT2D eigenvalue weighted by molar-refractivity contribution is 0.352. The second kappa shape index (κ2) is 12.8. The van der Waals surface area contributed by atoms with Crippen LogP contribution in [0, 0.1) is 11.3 Å². The number of allylic oxidation sites excluding steroid dienone is 4. The van der Waals surface area contributed by atoms with Gasteiger partial charge in [0.25, 0.3) is 0 Å². The summed E-state index contributed by atoms with van der Waals surface area (Å²) >= 11 is 0. The van der Waals surface area contributed by atoms with Gasteiger partial charge in [-0.1, -0.05) is 135 Å². The molecule has 0 bridgehead atoms. The van der Waals surface area contributed by atoms with Crippen LogP contribution >= 0.6 is 0 Å². The molecule has 1 unspecified atom stereocenters. The van der Waals surface area contributed by atoms with Crippen molar-refractivity contribution in [2.45, 2.75) is 56.5 Å². The van der Waals surface area contributed by atoms with Gasteiger partial charge in [-0.2, -0.15) is 5.26 Å². The van der Waals surface area contributed by atoms with Gasteiger partial charge in [0.15, 0.2) is 5.84 Å². The van der Waals surface area contributed by atoms with E-state index in [-0.39, 0.29) is 11.6 Å². The zero-order chi connectivity index (χ0) is 34.4. The molecule has 9 rings (SSSR count). The van der Waals surface area contributed by atoms with Crippen LogP contribution in [0.2, 0.25) is 0 Å². The molecule has 3 aliphatic carbocycles. The zero-order valence-corrected chi connectivity index (χ0v) is 29.0. The van der Waals surface area contributed by atoms with E-state index >= 15 is 0 Å². The Morgan fingerprint density at radius 1 is 0.706 bits per heavy atom. The number of nitrogens with zero attached hydrogens (tertiary/aromatic N) is 4. The molecule has 1 heterocycles. The maximum atomic E-state index is 9.81. The Hall–Kier alpha value is -5.79. The Morgan fingerprint density at radius 2 is 1.41 bits per heavy atom. The van der Waals surface area contributed by atoms with Gasteiger partial charge in [-0.25, -0.2) is 9.98 Å². The molecule has 1 atom stereocenters. The van der Waals surface area contributed by atoms with E-state index in [1.165, 1.54) is 76.6 Å². The van der Waals surface area contributed by atoms with E-state index in [4.69, 9.17) is 9.98 Å². The molecule has 0 amide bonds. The first-order valence-corrected chi connectivity index (χ1v) is 18.3. The van der Waals surface area contributed by atoms with Crippen molar-refractivity contribution >= 4 is 22.8 Å². The van der Waals surface area contributed by atoms with Crippen molar-refractivity contribution in [1.29, 1.82) is 5.26 Å². The van der Waals surface area contributed by atoms with Crippen LogP contribution in [-0.4, -0.2) is 23.6 Å². The highest BCUT2D eigenvalue weighted by atomic mass is 15.3. The summed E-state index contributed by atoms with van der Waals surface area (Å²) in [6, 6.07) is 47.5. The van der Waals surface area contributed by atoms with Crippen molar-refractivity contribution in [1.82, 2.24) is 4.90 Å². The summed E-state index contributed by atoms with van der Waals surface area (Å²) < 4.78 is 0. The van der Waals surface area contributed by atoms with Gasteiger partial charge in [0.2, 0.25) is 0 Å². The highest BCUT2D eigenvalue weighted by Gasteiger charge is 2.47. The third kappa shape index (κ3) is 5.36. The second-order valence-electron chi connectivity index (χ2n) is 14.3. The number of aliphatic imine (C=N–C) groups is 2. The lowest BCUT2D eigenvalue weighted by atomic mass is 9.66. The zero-order valence-electron chi connectivity index (χ0n) is 29.0. The summed E-state index contributed by atoms with van der Waals surface area (Å²) in [6.07, 6.45) is 10.6. The minimum absolute atomic E-state index is 0.0495. The first-order chi connectivity index (χ1) is 25.1. The normalized spacial score (nSPS) is 19.1. The van der Waals surface area contributed by atoms with Crippen LogP contribution in [0.1, 0.15) is 90.1 Å². The molecular formula is C47H40N4. The molecule has 1 fully saturated rings. The molecular weight excluding hydrogens is 621 g/mol. The van der Waals surface area contributed by atoms with E-state index in [9.17, 15) is 5.26 Å². The van der Waals surface area contributed by atoms with Crippen molar-refractivity contribution in [2.75, 3.05) is 7.05 Å². The van der Waals surface area contributed by atoms with Gasteiger partial charge in [-0.3, -0.25) is 0 Å². The Kier molecular flexibility index (Phi) is 7.85. The maximum absolute atomic E-state index is 9.81. The van der Waals surface area contributed by atoms with Crippen LogP contribution in [0.4, 0.5) is 0 Å². The maximum Gasteiger partial charge on any atom is 0.159 e.